The number of amides is 1. The molecule has 0 heterocycles. The fourth-order valence-electron chi connectivity index (χ4n) is 3.15. The summed E-state index contributed by atoms with van der Waals surface area (Å²) in [6.45, 7) is 2.16. The van der Waals surface area contributed by atoms with Crippen LogP contribution in [0, 0.1) is 6.92 Å². The Morgan fingerprint density at radius 2 is 1.86 bits per heavy atom. The number of halogens is 1. The lowest BCUT2D eigenvalue weighted by atomic mass is 9.95. The molecule has 28 heavy (non-hydrogen) atoms. The highest BCUT2D eigenvalue weighted by Crippen LogP contribution is 2.41. The fourth-order valence-corrected chi connectivity index (χ4v) is 3.35. The molecule has 0 spiro atoms. The van der Waals surface area contributed by atoms with Crippen molar-refractivity contribution in [2.75, 3.05) is 34.5 Å². The summed E-state index contributed by atoms with van der Waals surface area (Å²) in [6, 6.07) is 9.06. The Morgan fingerprint density at radius 1 is 1.14 bits per heavy atom. The predicted molar refractivity (Wildman–Crippen MR) is 109 cm³/mol. The van der Waals surface area contributed by atoms with Gasteiger partial charge in [0.2, 0.25) is 5.75 Å². The summed E-state index contributed by atoms with van der Waals surface area (Å²) in [5.41, 5.74) is 2.05. The molecule has 0 aliphatic carbocycles. The molecule has 0 aromatic heterocycles. The third-order valence-corrected chi connectivity index (χ3v) is 4.86. The van der Waals surface area contributed by atoms with Crippen molar-refractivity contribution in [1.29, 1.82) is 0 Å². The Morgan fingerprint density at radius 3 is 2.43 bits per heavy atom. The normalized spacial score (nSPS) is 11.6. The lowest BCUT2D eigenvalue weighted by Gasteiger charge is -2.20. The smallest absolute Gasteiger partial charge is 0.251 e. The zero-order valence-electron chi connectivity index (χ0n) is 16.5. The van der Waals surface area contributed by atoms with Crippen molar-refractivity contribution >= 4 is 17.5 Å². The third-order valence-electron chi connectivity index (χ3n) is 4.63. The van der Waals surface area contributed by atoms with Gasteiger partial charge in [-0.25, -0.2) is 0 Å². The standard InChI is InChI=1S/C21H26ClNO5/c1-13-17(11-18(26-2)20(28-4)19(13)27-3)21(25)23-12-15(8-9-24)14-6-5-7-16(22)10-14/h5-7,10-11,15,24H,8-9,12H2,1-4H3,(H,23,25). The third kappa shape index (κ3) is 4.88. The Hall–Kier alpha value is -2.44. The van der Waals surface area contributed by atoms with Crippen LogP contribution < -0.4 is 19.5 Å². The molecule has 0 bridgehead atoms. The van der Waals surface area contributed by atoms with Crippen molar-refractivity contribution in [1.82, 2.24) is 5.32 Å². The number of carbonyl (C=O) groups is 1. The molecule has 2 rings (SSSR count). The van der Waals surface area contributed by atoms with Crippen LogP contribution in [-0.4, -0.2) is 45.5 Å². The molecule has 1 atom stereocenters. The minimum atomic E-state index is -0.262. The summed E-state index contributed by atoms with van der Waals surface area (Å²) in [6.07, 6.45) is 0.509. The Kier molecular flexibility index (Phi) is 7.96. The van der Waals surface area contributed by atoms with E-state index >= 15 is 0 Å². The maximum absolute atomic E-state index is 12.9. The first-order valence-electron chi connectivity index (χ1n) is 8.90. The monoisotopic (exact) mass is 407 g/mol. The molecular formula is C21H26ClNO5. The van der Waals surface area contributed by atoms with Gasteiger partial charge in [0.25, 0.3) is 5.91 Å². The van der Waals surface area contributed by atoms with Crippen LogP contribution in [-0.2, 0) is 0 Å². The van der Waals surface area contributed by atoms with Crippen LogP contribution in [0.15, 0.2) is 30.3 Å². The molecule has 0 saturated carbocycles. The molecule has 0 saturated heterocycles. The van der Waals surface area contributed by atoms with Crippen molar-refractivity contribution < 1.29 is 24.1 Å². The van der Waals surface area contributed by atoms with Crippen molar-refractivity contribution in [3.05, 3.63) is 52.0 Å². The predicted octanol–water partition coefficient (Wildman–Crippen LogP) is 3.57. The number of aliphatic hydroxyl groups is 1. The highest BCUT2D eigenvalue weighted by atomic mass is 35.5. The molecule has 2 aromatic carbocycles. The summed E-state index contributed by atoms with van der Waals surface area (Å²) in [4.78, 5) is 12.9. The second-order valence-corrected chi connectivity index (χ2v) is 6.73. The molecule has 2 N–H and O–H groups in total. The largest absolute Gasteiger partial charge is 0.493 e. The van der Waals surface area contributed by atoms with Gasteiger partial charge in [0, 0.05) is 35.2 Å². The molecule has 152 valence electrons. The number of methoxy groups -OCH3 is 3. The van der Waals surface area contributed by atoms with Gasteiger partial charge in [-0.3, -0.25) is 4.79 Å². The quantitative estimate of drug-likeness (QED) is 0.664. The van der Waals surface area contributed by atoms with E-state index in [1.807, 2.05) is 18.2 Å². The molecule has 2 aromatic rings. The van der Waals surface area contributed by atoms with Crippen LogP contribution in [0.2, 0.25) is 5.02 Å². The molecule has 0 aliphatic heterocycles. The molecule has 0 radical (unpaired) electrons. The minimum Gasteiger partial charge on any atom is -0.493 e. The van der Waals surface area contributed by atoms with E-state index in [-0.39, 0.29) is 18.4 Å². The van der Waals surface area contributed by atoms with E-state index in [0.717, 1.165) is 5.56 Å². The lowest BCUT2D eigenvalue weighted by molar-refractivity contribution is 0.0947. The number of nitrogens with one attached hydrogen (secondary N) is 1. The van der Waals surface area contributed by atoms with Gasteiger partial charge in [0.15, 0.2) is 11.5 Å². The number of ether oxygens (including phenoxy) is 3. The maximum Gasteiger partial charge on any atom is 0.251 e. The summed E-state index contributed by atoms with van der Waals surface area (Å²) in [5, 5.41) is 13.0. The number of hydrogen-bond donors (Lipinski definition) is 2. The molecule has 0 fully saturated rings. The van der Waals surface area contributed by atoms with E-state index in [9.17, 15) is 9.90 Å². The molecule has 6 nitrogen and oxygen atoms in total. The van der Waals surface area contributed by atoms with Gasteiger partial charge in [-0.1, -0.05) is 23.7 Å². The van der Waals surface area contributed by atoms with Crippen LogP contribution in [0.4, 0.5) is 0 Å². The van der Waals surface area contributed by atoms with Gasteiger partial charge in [-0.05, 0) is 37.1 Å². The van der Waals surface area contributed by atoms with Crippen molar-refractivity contribution in [3.63, 3.8) is 0 Å². The summed E-state index contributed by atoms with van der Waals surface area (Å²) in [7, 11) is 4.54. The van der Waals surface area contributed by atoms with Gasteiger partial charge in [0.1, 0.15) is 0 Å². The molecule has 7 heteroatoms. The average Bonchev–Trinajstić information content (AvgIpc) is 2.70. The summed E-state index contributed by atoms with van der Waals surface area (Å²) < 4.78 is 16.1. The van der Waals surface area contributed by atoms with Crippen LogP contribution in [0.1, 0.15) is 33.8 Å². The van der Waals surface area contributed by atoms with Gasteiger partial charge in [0.05, 0.1) is 21.3 Å². The van der Waals surface area contributed by atoms with E-state index in [4.69, 9.17) is 25.8 Å². The summed E-state index contributed by atoms with van der Waals surface area (Å²) in [5.74, 6) is 0.985. The topological polar surface area (TPSA) is 77.0 Å². The van der Waals surface area contributed by atoms with Gasteiger partial charge >= 0.3 is 0 Å². The van der Waals surface area contributed by atoms with E-state index < -0.39 is 0 Å². The Balaban J connectivity index is 2.26. The molecule has 0 aliphatic rings. The van der Waals surface area contributed by atoms with Crippen LogP contribution in [0.25, 0.3) is 0 Å². The van der Waals surface area contributed by atoms with Crippen LogP contribution >= 0.6 is 11.6 Å². The molecule has 1 amide bonds. The Labute approximate surface area is 170 Å². The minimum absolute atomic E-state index is 0.0102. The first-order chi connectivity index (χ1) is 13.5. The maximum atomic E-state index is 12.9. The van der Waals surface area contributed by atoms with Crippen molar-refractivity contribution in [3.8, 4) is 17.2 Å². The lowest BCUT2D eigenvalue weighted by Crippen LogP contribution is -2.29. The van der Waals surface area contributed by atoms with Crippen LogP contribution in [0.3, 0.4) is 0 Å². The number of benzene rings is 2. The first-order valence-corrected chi connectivity index (χ1v) is 9.28. The second-order valence-electron chi connectivity index (χ2n) is 6.29. The highest BCUT2D eigenvalue weighted by Gasteiger charge is 2.22. The number of hydrogen-bond acceptors (Lipinski definition) is 5. The second kappa shape index (κ2) is 10.2. The van der Waals surface area contributed by atoms with E-state index in [1.54, 1.807) is 19.1 Å². The van der Waals surface area contributed by atoms with E-state index in [1.165, 1.54) is 21.3 Å². The highest BCUT2D eigenvalue weighted by molar-refractivity contribution is 6.30. The van der Waals surface area contributed by atoms with Crippen LogP contribution in [0.5, 0.6) is 17.2 Å². The fraction of sp³-hybridized carbons (Fsp3) is 0.381. The summed E-state index contributed by atoms with van der Waals surface area (Å²) >= 11 is 6.07. The van der Waals surface area contributed by atoms with Gasteiger partial charge < -0.3 is 24.6 Å². The molecule has 1 unspecified atom stereocenters. The van der Waals surface area contributed by atoms with E-state index in [2.05, 4.69) is 5.32 Å². The average molecular weight is 408 g/mol. The zero-order chi connectivity index (χ0) is 20.7. The molecular weight excluding hydrogens is 382 g/mol. The van der Waals surface area contributed by atoms with Crippen molar-refractivity contribution in [2.45, 2.75) is 19.3 Å². The SMILES string of the molecule is COc1cc(C(=O)NCC(CCO)c2cccc(Cl)c2)c(C)c(OC)c1OC. The van der Waals surface area contributed by atoms with E-state index in [0.29, 0.717) is 46.4 Å². The number of rotatable bonds is 9. The van der Waals surface area contributed by atoms with Crippen molar-refractivity contribution in [2.24, 2.45) is 0 Å². The first kappa shape index (κ1) is 21.9. The number of aliphatic hydroxyl groups excluding tert-OH is 1. The van der Waals surface area contributed by atoms with Gasteiger partial charge in [-0.15, -0.1) is 0 Å². The van der Waals surface area contributed by atoms with Gasteiger partial charge in [-0.2, -0.15) is 0 Å². The Bertz CT molecular complexity index is 825. The number of carbonyl (C=O) groups excluding carboxylic acids is 1. The zero-order valence-corrected chi connectivity index (χ0v) is 17.3.